The van der Waals surface area contributed by atoms with Crippen LogP contribution >= 0.6 is 0 Å². The number of nitrogens with one attached hydrogen (secondary N) is 3. The van der Waals surface area contributed by atoms with Crippen LogP contribution in [-0.2, 0) is 11.2 Å². The number of rotatable bonds is 6. The van der Waals surface area contributed by atoms with Gasteiger partial charge in [-0.15, -0.1) is 0 Å². The van der Waals surface area contributed by atoms with E-state index >= 15 is 0 Å². The second-order valence-corrected chi connectivity index (χ2v) is 5.77. The summed E-state index contributed by atoms with van der Waals surface area (Å²) in [6, 6.07) is 11.6. The molecule has 1 aromatic carbocycles. The summed E-state index contributed by atoms with van der Waals surface area (Å²) in [5.41, 5.74) is 8.48. The molecular weight excluding hydrogens is 304 g/mol. The topological polar surface area (TPSA) is 75.3 Å². The highest BCUT2D eigenvalue weighted by atomic mass is 16.5. The summed E-state index contributed by atoms with van der Waals surface area (Å²) in [6.07, 6.45) is 5.00. The molecular formula is C18H22N4O2. The Morgan fingerprint density at radius 2 is 2.04 bits per heavy atom. The highest BCUT2D eigenvalue weighted by molar-refractivity contribution is 5.82. The number of ether oxygens (including phenoxy) is 1. The molecule has 0 aliphatic carbocycles. The van der Waals surface area contributed by atoms with Gasteiger partial charge in [-0.3, -0.25) is 9.78 Å². The van der Waals surface area contributed by atoms with Crippen molar-refractivity contribution in [3.63, 3.8) is 0 Å². The summed E-state index contributed by atoms with van der Waals surface area (Å²) >= 11 is 0. The van der Waals surface area contributed by atoms with Crippen LogP contribution in [-0.4, -0.2) is 30.6 Å². The van der Waals surface area contributed by atoms with Crippen LogP contribution in [0.15, 0.2) is 48.8 Å². The van der Waals surface area contributed by atoms with Gasteiger partial charge in [0.1, 0.15) is 11.8 Å². The molecule has 1 amide bonds. The molecule has 1 fully saturated rings. The maximum absolute atomic E-state index is 12.3. The lowest BCUT2D eigenvalue weighted by Gasteiger charge is -2.14. The van der Waals surface area contributed by atoms with Crippen LogP contribution in [0.1, 0.15) is 23.6 Å². The molecule has 6 nitrogen and oxygen atoms in total. The molecule has 1 aliphatic heterocycles. The molecule has 1 aromatic heterocycles. The number of para-hydroxylation sites is 1. The van der Waals surface area contributed by atoms with Crippen molar-refractivity contribution < 1.29 is 9.53 Å². The largest absolute Gasteiger partial charge is 0.496 e. The van der Waals surface area contributed by atoms with Crippen LogP contribution in [0.4, 0.5) is 0 Å². The van der Waals surface area contributed by atoms with E-state index in [2.05, 4.69) is 21.2 Å². The standard InChI is InChI=1S/C18H22N4O2/c1-24-17-5-3-2-4-14(17)15-12-16(22-21-15)18(23)20-11-8-13-6-9-19-10-7-13/h2-7,9-10,15-16,21-22H,8,11-12H2,1H3,(H,20,23). The number of aromatic nitrogens is 1. The Balaban J connectivity index is 1.51. The summed E-state index contributed by atoms with van der Waals surface area (Å²) in [5, 5.41) is 2.98. The van der Waals surface area contributed by atoms with Gasteiger partial charge in [0.05, 0.1) is 13.2 Å². The third-order valence-corrected chi connectivity index (χ3v) is 4.20. The van der Waals surface area contributed by atoms with Crippen molar-refractivity contribution in [1.29, 1.82) is 0 Å². The molecule has 3 rings (SSSR count). The minimum absolute atomic E-state index is 0.00829. The average molecular weight is 326 g/mol. The first-order valence-corrected chi connectivity index (χ1v) is 8.08. The van der Waals surface area contributed by atoms with E-state index in [0.717, 1.165) is 23.3 Å². The average Bonchev–Trinajstić information content (AvgIpc) is 3.12. The molecule has 0 radical (unpaired) electrons. The molecule has 2 unspecified atom stereocenters. The van der Waals surface area contributed by atoms with Gasteiger partial charge in [0.25, 0.3) is 0 Å². The first-order valence-electron chi connectivity index (χ1n) is 8.08. The summed E-state index contributed by atoms with van der Waals surface area (Å²) in [6.45, 7) is 0.611. The minimum Gasteiger partial charge on any atom is -0.496 e. The van der Waals surface area contributed by atoms with Crippen LogP contribution in [0.3, 0.4) is 0 Å². The number of pyridine rings is 1. The van der Waals surface area contributed by atoms with Gasteiger partial charge < -0.3 is 10.1 Å². The van der Waals surface area contributed by atoms with Gasteiger partial charge in [-0.25, -0.2) is 10.9 Å². The predicted octanol–water partition coefficient (Wildman–Crippen LogP) is 1.36. The number of carbonyl (C=O) groups is 1. The van der Waals surface area contributed by atoms with Crippen LogP contribution in [0.25, 0.3) is 0 Å². The van der Waals surface area contributed by atoms with Crippen molar-refractivity contribution in [3.05, 3.63) is 59.9 Å². The molecule has 3 N–H and O–H groups in total. The Morgan fingerprint density at radius 1 is 1.25 bits per heavy atom. The summed E-state index contributed by atoms with van der Waals surface area (Å²) in [4.78, 5) is 16.3. The number of carbonyl (C=O) groups excluding carboxylic acids is 1. The molecule has 1 saturated heterocycles. The van der Waals surface area contributed by atoms with Gasteiger partial charge in [0.15, 0.2) is 0 Å². The van der Waals surface area contributed by atoms with Crippen molar-refractivity contribution in [2.75, 3.05) is 13.7 Å². The third-order valence-electron chi connectivity index (χ3n) is 4.20. The fraction of sp³-hybridized carbons (Fsp3) is 0.333. The Labute approximate surface area is 141 Å². The number of amides is 1. The van der Waals surface area contributed by atoms with Crippen molar-refractivity contribution in [3.8, 4) is 5.75 Å². The zero-order chi connectivity index (χ0) is 16.8. The van der Waals surface area contributed by atoms with Gasteiger partial charge in [0, 0.05) is 24.5 Å². The van der Waals surface area contributed by atoms with E-state index in [1.165, 1.54) is 0 Å². The lowest BCUT2D eigenvalue weighted by molar-refractivity contribution is -0.122. The van der Waals surface area contributed by atoms with E-state index in [1.807, 2.05) is 36.4 Å². The van der Waals surface area contributed by atoms with E-state index in [4.69, 9.17) is 4.74 Å². The number of benzene rings is 1. The first-order chi connectivity index (χ1) is 11.8. The quantitative estimate of drug-likeness (QED) is 0.747. The van der Waals surface area contributed by atoms with Crippen molar-refractivity contribution in [2.45, 2.75) is 24.9 Å². The molecule has 0 bridgehead atoms. The molecule has 6 heteroatoms. The third kappa shape index (κ3) is 3.90. The van der Waals surface area contributed by atoms with E-state index in [9.17, 15) is 4.79 Å². The second-order valence-electron chi connectivity index (χ2n) is 5.77. The summed E-state index contributed by atoms with van der Waals surface area (Å²) in [7, 11) is 1.66. The van der Waals surface area contributed by atoms with Gasteiger partial charge in [-0.2, -0.15) is 0 Å². The second kappa shape index (κ2) is 7.90. The van der Waals surface area contributed by atoms with E-state index in [1.54, 1.807) is 19.5 Å². The number of hydrogen-bond acceptors (Lipinski definition) is 5. The number of hydrogen-bond donors (Lipinski definition) is 3. The zero-order valence-corrected chi connectivity index (χ0v) is 13.7. The Morgan fingerprint density at radius 3 is 2.83 bits per heavy atom. The Bertz CT molecular complexity index is 678. The highest BCUT2D eigenvalue weighted by Gasteiger charge is 2.31. The Kier molecular flexibility index (Phi) is 5.40. The molecule has 0 saturated carbocycles. The smallest absolute Gasteiger partial charge is 0.238 e. The van der Waals surface area contributed by atoms with E-state index < -0.39 is 0 Å². The fourth-order valence-electron chi connectivity index (χ4n) is 2.89. The van der Waals surface area contributed by atoms with Crippen molar-refractivity contribution in [1.82, 2.24) is 21.2 Å². The normalized spacial score (nSPS) is 19.9. The predicted molar refractivity (Wildman–Crippen MR) is 91.4 cm³/mol. The molecule has 1 aliphatic rings. The van der Waals surface area contributed by atoms with E-state index in [-0.39, 0.29) is 18.0 Å². The van der Waals surface area contributed by atoms with Crippen molar-refractivity contribution >= 4 is 5.91 Å². The molecule has 2 aromatic rings. The summed E-state index contributed by atoms with van der Waals surface area (Å²) in [5.74, 6) is 0.837. The first kappa shape index (κ1) is 16.4. The van der Waals surface area contributed by atoms with Crippen LogP contribution in [0.5, 0.6) is 5.75 Å². The molecule has 0 spiro atoms. The summed E-state index contributed by atoms with van der Waals surface area (Å²) < 4.78 is 5.39. The molecule has 126 valence electrons. The minimum atomic E-state index is -0.252. The van der Waals surface area contributed by atoms with E-state index in [0.29, 0.717) is 13.0 Å². The lowest BCUT2D eigenvalue weighted by Crippen LogP contribution is -2.43. The van der Waals surface area contributed by atoms with Gasteiger partial charge >= 0.3 is 0 Å². The molecule has 24 heavy (non-hydrogen) atoms. The van der Waals surface area contributed by atoms with Gasteiger partial charge in [-0.1, -0.05) is 18.2 Å². The van der Waals surface area contributed by atoms with Crippen LogP contribution < -0.4 is 20.9 Å². The zero-order valence-electron chi connectivity index (χ0n) is 13.7. The van der Waals surface area contributed by atoms with Gasteiger partial charge in [-0.05, 0) is 36.6 Å². The van der Waals surface area contributed by atoms with Gasteiger partial charge in [0.2, 0.25) is 5.91 Å². The molecule has 2 atom stereocenters. The van der Waals surface area contributed by atoms with Crippen LogP contribution in [0, 0.1) is 0 Å². The maximum Gasteiger partial charge on any atom is 0.238 e. The number of methoxy groups -OCH3 is 1. The fourth-order valence-corrected chi connectivity index (χ4v) is 2.89. The number of hydrazine groups is 1. The highest BCUT2D eigenvalue weighted by Crippen LogP contribution is 2.29. The molecule has 2 heterocycles. The van der Waals surface area contributed by atoms with Crippen LogP contribution in [0.2, 0.25) is 0 Å². The Hall–Kier alpha value is -2.44. The lowest BCUT2D eigenvalue weighted by atomic mass is 10.0. The maximum atomic E-state index is 12.3. The van der Waals surface area contributed by atoms with Crippen molar-refractivity contribution in [2.24, 2.45) is 0 Å². The SMILES string of the molecule is COc1ccccc1C1CC(C(=O)NCCc2ccncc2)NN1. The number of nitrogens with zero attached hydrogens (tertiary/aromatic N) is 1. The monoisotopic (exact) mass is 326 g/mol.